The first kappa shape index (κ1) is 15.1. The van der Waals surface area contributed by atoms with Gasteiger partial charge in [-0.3, -0.25) is 4.79 Å². The van der Waals surface area contributed by atoms with Gasteiger partial charge in [-0.25, -0.2) is 4.39 Å². The van der Waals surface area contributed by atoms with E-state index in [1.54, 1.807) is 42.5 Å². The van der Waals surface area contributed by atoms with Crippen molar-refractivity contribution in [3.8, 4) is 6.07 Å². The van der Waals surface area contributed by atoms with Gasteiger partial charge < -0.3 is 5.32 Å². The van der Waals surface area contributed by atoms with Gasteiger partial charge in [0.2, 0.25) is 5.91 Å². The lowest BCUT2D eigenvalue weighted by Gasteiger charge is -2.06. The van der Waals surface area contributed by atoms with Gasteiger partial charge in [0, 0.05) is 11.4 Å². The Kier molecular flexibility index (Phi) is 5.35. The third kappa shape index (κ3) is 4.62. The first-order valence-electron chi connectivity index (χ1n) is 6.32. The SMILES string of the molecule is N#Cc1ccc(CNC(=O)CSc2ccccc2F)cc1. The number of carbonyl (C=O) groups is 1. The molecule has 5 heteroatoms. The van der Waals surface area contributed by atoms with Crippen LogP contribution in [0.2, 0.25) is 0 Å². The molecule has 0 atom stereocenters. The monoisotopic (exact) mass is 300 g/mol. The largest absolute Gasteiger partial charge is 0.351 e. The van der Waals surface area contributed by atoms with Gasteiger partial charge in [-0.05, 0) is 29.8 Å². The standard InChI is InChI=1S/C16H13FN2OS/c17-14-3-1-2-4-15(14)21-11-16(20)19-10-13-7-5-12(9-18)6-8-13/h1-8H,10-11H2,(H,19,20). The van der Waals surface area contributed by atoms with Crippen molar-refractivity contribution in [3.05, 3.63) is 65.5 Å². The molecule has 3 nitrogen and oxygen atoms in total. The lowest BCUT2D eigenvalue weighted by Crippen LogP contribution is -2.24. The summed E-state index contributed by atoms with van der Waals surface area (Å²) in [5, 5.41) is 11.5. The molecule has 0 unspecified atom stereocenters. The predicted molar refractivity (Wildman–Crippen MR) is 80.1 cm³/mol. The minimum atomic E-state index is -0.317. The van der Waals surface area contributed by atoms with Crippen molar-refractivity contribution in [1.29, 1.82) is 5.26 Å². The number of nitriles is 1. The molecule has 1 amide bonds. The van der Waals surface area contributed by atoms with E-state index in [-0.39, 0.29) is 17.5 Å². The van der Waals surface area contributed by atoms with Crippen LogP contribution >= 0.6 is 11.8 Å². The smallest absolute Gasteiger partial charge is 0.230 e. The van der Waals surface area contributed by atoms with Crippen LogP contribution in [0.25, 0.3) is 0 Å². The highest BCUT2D eigenvalue weighted by Crippen LogP contribution is 2.20. The van der Waals surface area contributed by atoms with Crippen LogP contribution in [0.1, 0.15) is 11.1 Å². The van der Waals surface area contributed by atoms with Crippen molar-refractivity contribution in [2.45, 2.75) is 11.4 Å². The zero-order valence-corrected chi connectivity index (χ0v) is 12.0. The molecule has 0 fully saturated rings. The fraction of sp³-hybridized carbons (Fsp3) is 0.125. The minimum absolute atomic E-state index is 0.160. The molecule has 106 valence electrons. The Balaban J connectivity index is 1.79. The molecular weight excluding hydrogens is 287 g/mol. The van der Waals surface area contributed by atoms with Crippen LogP contribution < -0.4 is 5.32 Å². The fourth-order valence-corrected chi connectivity index (χ4v) is 2.42. The molecule has 0 bridgehead atoms. The molecule has 0 aliphatic heterocycles. The molecular formula is C16H13FN2OS. The molecule has 2 aromatic rings. The van der Waals surface area contributed by atoms with E-state index < -0.39 is 0 Å². The topological polar surface area (TPSA) is 52.9 Å². The summed E-state index contributed by atoms with van der Waals surface area (Å²) in [6.45, 7) is 0.391. The molecule has 0 saturated heterocycles. The number of hydrogen-bond acceptors (Lipinski definition) is 3. The number of halogens is 1. The normalized spacial score (nSPS) is 9.90. The number of thioether (sulfide) groups is 1. The number of rotatable bonds is 5. The Hall–Kier alpha value is -2.32. The maximum Gasteiger partial charge on any atom is 0.230 e. The van der Waals surface area contributed by atoms with Gasteiger partial charge >= 0.3 is 0 Å². The van der Waals surface area contributed by atoms with Crippen molar-refractivity contribution in [2.75, 3.05) is 5.75 Å². The molecule has 0 radical (unpaired) electrons. The number of nitrogens with zero attached hydrogens (tertiary/aromatic N) is 1. The predicted octanol–water partition coefficient (Wildman–Crippen LogP) is 3.11. The Labute approximate surface area is 126 Å². The molecule has 0 spiro atoms. The van der Waals surface area contributed by atoms with Crippen molar-refractivity contribution >= 4 is 17.7 Å². The summed E-state index contributed by atoms with van der Waals surface area (Å²) in [5.41, 5.74) is 1.50. The first-order valence-corrected chi connectivity index (χ1v) is 7.30. The molecule has 0 aliphatic carbocycles. The molecule has 0 aromatic heterocycles. The maximum absolute atomic E-state index is 13.4. The highest BCUT2D eigenvalue weighted by atomic mass is 32.2. The Morgan fingerprint density at radius 3 is 2.57 bits per heavy atom. The number of nitrogens with one attached hydrogen (secondary N) is 1. The van der Waals surface area contributed by atoms with Gasteiger partial charge in [0.05, 0.1) is 17.4 Å². The van der Waals surface area contributed by atoms with E-state index in [4.69, 9.17) is 5.26 Å². The van der Waals surface area contributed by atoms with Crippen LogP contribution in [0.5, 0.6) is 0 Å². The second kappa shape index (κ2) is 7.46. The average molecular weight is 300 g/mol. The number of amides is 1. The average Bonchev–Trinajstić information content (AvgIpc) is 2.52. The highest BCUT2D eigenvalue weighted by molar-refractivity contribution is 8.00. The van der Waals surface area contributed by atoms with E-state index in [1.165, 1.54) is 17.8 Å². The van der Waals surface area contributed by atoms with Crippen molar-refractivity contribution in [1.82, 2.24) is 5.32 Å². The summed E-state index contributed by atoms with van der Waals surface area (Å²) in [6, 6.07) is 15.4. The van der Waals surface area contributed by atoms with Crippen LogP contribution in [-0.4, -0.2) is 11.7 Å². The lowest BCUT2D eigenvalue weighted by molar-refractivity contribution is -0.118. The molecule has 1 N–H and O–H groups in total. The van der Waals surface area contributed by atoms with Crippen molar-refractivity contribution < 1.29 is 9.18 Å². The molecule has 0 saturated carbocycles. The number of hydrogen-bond donors (Lipinski definition) is 1. The third-order valence-corrected chi connectivity index (χ3v) is 3.82. The van der Waals surface area contributed by atoms with E-state index in [0.29, 0.717) is 17.0 Å². The summed E-state index contributed by atoms with van der Waals surface area (Å²) in [6.07, 6.45) is 0. The van der Waals surface area contributed by atoms with Gasteiger partial charge in [-0.15, -0.1) is 11.8 Å². The molecule has 2 rings (SSSR count). The number of benzene rings is 2. The van der Waals surface area contributed by atoms with Crippen LogP contribution in [0.15, 0.2) is 53.4 Å². The second-order valence-corrected chi connectivity index (χ2v) is 5.32. The summed E-state index contributed by atoms with van der Waals surface area (Å²) < 4.78 is 13.4. The summed E-state index contributed by atoms with van der Waals surface area (Å²) >= 11 is 1.17. The van der Waals surface area contributed by atoms with Crippen LogP contribution in [0.4, 0.5) is 4.39 Å². The molecule has 0 heterocycles. The van der Waals surface area contributed by atoms with Crippen molar-refractivity contribution in [3.63, 3.8) is 0 Å². The van der Waals surface area contributed by atoms with Gasteiger partial charge in [0.15, 0.2) is 0 Å². The van der Waals surface area contributed by atoms with E-state index in [1.807, 2.05) is 6.07 Å². The van der Waals surface area contributed by atoms with E-state index >= 15 is 0 Å². The van der Waals surface area contributed by atoms with Gasteiger partial charge in [0.25, 0.3) is 0 Å². The van der Waals surface area contributed by atoms with Gasteiger partial charge in [-0.1, -0.05) is 24.3 Å². The second-order valence-electron chi connectivity index (χ2n) is 4.30. The quantitative estimate of drug-likeness (QED) is 0.863. The summed E-state index contributed by atoms with van der Waals surface area (Å²) in [4.78, 5) is 12.2. The minimum Gasteiger partial charge on any atom is -0.351 e. The van der Waals surface area contributed by atoms with E-state index in [9.17, 15) is 9.18 Å². The molecule has 0 aliphatic rings. The maximum atomic E-state index is 13.4. The Bertz CT molecular complexity index is 665. The Morgan fingerprint density at radius 1 is 1.19 bits per heavy atom. The van der Waals surface area contributed by atoms with Gasteiger partial charge in [-0.2, -0.15) is 5.26 Å². The van der Waals surface area contributed by atoms with E-state index in [2.05, 4.69) is 5.32 Å². The first-order chi connectivity index (χ1) is 10.2. The highest BCUT2D eigenvalue weighted by Gasteiger charge is 2.06. The summed E-state index contributed by atoms with van der Waals surface area (Å²) in [5.74, 6) is -0.313. The zero-order chi connectivity index (χ0) is 15.1. The van der Waals surface area contributed by atoms with Crippen LogP contribution in [0.3, 0.4) is 0 Å². The molecule has 2 aromatic carbocycles. The zero-order valence-electron chi connectivity index (χ0n) is 11.2. The van der Waals surface area contributed by atoms with Crippen LogP contribution in [-0.2, 0) is 11.3 Å². The fourth-order valence-electron chi connectivity index (χ4n) is 1.65. The summed E-state index contributed by atoms with van der Waals surface area (Å²) in [7, 11) is 0. The van der Waals surface area contributed by atoms with Crippen LogP contribution in [0, 0.1) is 17.1 Å². The van der Waals surface area contributed by atoms with Crippen molar-refractivity contribution in [2.24, 2.45) is 0 Å². The molecule has 21 heavy (non-hydrogen) atoms. The van der Waals surface area contributed by atoms with E-state index in [0.717, 1.165) is 5.56 Å². The Morgan fingerprint density at radius 2 is 1.90 bits per heavy atom. The number of carbonyl (C=O) groups excluding carboxylic acids is 1. The van der Waals surface area contributed by atoms with Gasteiger partial charge in [0.1, 0.15) is 5.82 Å². The third-order valence-electron chi connectivity index (χ3n) is 2.77. The lowest BCUT2D eigenvalue weighted by atomic mass is 10.1.